The number of benzene rings is 3. The van der Waals surface area contributed by atoms with Crippen molar-refractivity contribution in [3.63, 3.8) is 0 Å². The molecule has 0 aliphatic rings. The predicted octanol–water partition coefficient (Wildman–Crippen LogP) is 4.48. The summed E-state index contributed by atoms with van der Waals surface area (Å²) in [5.74, 6) is -0.177. The van der Waals surface area contributed by atoms with E-state index in [1.54, 1.807) is 60.7 Å². The summed E-state index contributed by atoms with van der Waals surface area (Å²) in [4.78, 5) is 33.3. The van der Waals surface area contributed by atoms with Gasteiger partial charge in [0, 0.05) is 17.7 Å². The number of sulfonamides is 1. The summed E-state index contributed by atoms with van der Waals surface area (Å²) in [6.45, 7) is 3.67. The number of amides is 1. The Hall–Kier alpha value is -4.31. The number of hydrogen-bond acceptors (Lipinski definition) is 7. The SMILES string of the molecule is [CH2]CCCC(=O)CNC(=O)c1ccc(Nc2nc3ccccc3nc2NS(=O)(=O)c2ccccc2)cc1. The van der Waals surface area contributed by atoms with Gasteiger partial charge in [0.2, 0.25) is 0 Å². The van der Waals surface area contributed by atoms with Crippen molar-refractivity contribution in [2.75, 3.05) is 16.6 Å². The Kier molecular flexibility index (Phi) is 8.09. The topological polar surface area (TPSA) is 130 Å². The van der Waals surface area contributed by atoms with Crippen molar-refractivity contribution in [2.45, 2.75) is 24.2 Å². The van der Waals surface area contributed by atoms with Gasteiger partial charge in [-0.1, -0.05) is 43.7 Å². The molecule has 0 atom stereocenters. The molecule has 4 aromatic rings. The van der Waals surface area contributed by atoms with E-state index < -0.39 is 10.0 Å². The average molecular weight is 517 g/mol. The van der Waals surface area contributed by atoms with E-state index in [1.165, 1.54) is 12.1 Å². The summed E-state index contributed by atoms with van der Waals surface area (Å²) in [6, 6.07) is 21.6. The molecule has 0 aliphatic carbocycles. The molecule has 0 bridgehead atoms. The number of rotatable bonds is 11. The maximum atomic E-state index is 13.0. The third-order valence-electron chi connectivity index (χ3n) is 5.42. The lowest BCUT2D eigenvalue weighted by molar-refractivity contribution is -0.118. The first-order valence-electron chi connectivity index (χ1n) is 11.7. The normalized spacial score (nSPS) is 11.2. The lowest BCUT2D eigenvalue weighted by atomic mass is 10.1. The molecule has 3 N–H and O–H groups in total. The van der Waals surface area contributed by atoms with E-state index in [0.717, 1.165) is 0 Å². The van der Waals surface area contributed by atoms with Gasteiger partial charge in [0.05, 0.1) is 22.5 Å². The van der Waals surface area contributed by atoms with Crippen LogP contribution < -0.4 is 15.4 Å². The van der Waals surface area contributed by atoms with E-state index in [1.807, 2.05) is 6.07 Å². The van der Waals surface area contributed by atoms with Crippen molar-refractivity contribution in [3.05, 3.63) is 91.3 Å². The van der Waals surface area contributed by atoms with Crippen LogP contribution in [-0.4, -0.2) is 36.6 Å². The number of unbranched alkanes of at least 4 members (excludes halogenated alkanes) is 1. The monoisotopic (exact) mass is 516 g/mol. The van der Waals surface area contributed by atoms with Crippen molar-refractivity contribution >= 4 is 50.1 Å². The Bertz CT molecular complexity index is 1510. The molecule has 9 nitrogen and oxygen atoms in total. The minimum absolute atomic E-state index is 0.0313. The first-order chi connectivity index (χ1) is 17.9. The number of fused-ring (bicyclic) bond motifs is 1. The van der Waals surface area contributed by atoms with E-state index in [0.29, 0.717) is 41.5 Å². The van der Waals surface area contributed by atoms with E-state index in [2.05, 4.69) is 32.2 Å². The van der Waals surface area contributed by atoms with Crippen LogP contribution in [-0.2, 0) is 14.8 Å². The molecular weight excluding hydrogens is 490 g/mol. The number of nitrogens with one attached hydrogen (secondary N) is 3. The Morgan fingerprint density at radius 2 is 1.43 bits per heavy atom. The van der Waals surface area contributed by atoms with Gasteiger partial charge in [-0.15, -0.1) is 0 Å². The van der Waals surface area contributed by atoms with Crippen LogP contribution in [0.15, 0.2) is 83.8 Å². The quantitative estimate of drug-likeness (QED) is 0.268. The lowest BCUT2D eigenvalue weighted by Crippen LogP contribution is -2.29. The second-order valence-electron chi connectivity index (χ2n) is 8.21. The lowest BCUT2D eigenvalue weighted by Gasteiger charge is -2.14. The highest BCUT2D eigenvalue weighted by atomic mass is 32.2. The molecule has 0 unspecified atom stereocenters. The van der Waals surface area contributed by atoms with Crippen molar-refractivity contribution in [3.8, 4) is 0 Å². The van der Waals surface area contributed by atoms with Crippen LogP contribution in [0.3, 0.4) is 0 Å². The third kappa shape index (κ3) is 6.68. The van der Waals surface area contributed by atoms with Crippen LogP contribution in [0.2, 0.25) is 0 Å². The molecule has 0 aliphatic heterocycles. The van der Waals surface area contributed by atoms with Crippen LogP contribution in [0.5, 0.6) is 0 Å². The van der Waals surface area contributed by atoms with Crippen molar-refractivity contribution in [2.24, 2.45) is 0 Å². The summed E-state index contributed by atoms with van der Waals surface area (Å²) >= 11 is 0. The number of Topliss-reactive ketones (excluding diaryl/α,β-unsaturated/α-hetero) is 1. The number of carbonyl (C=O) groups is 2. The van der Waals surface area contributed by atoms with Gasteiger partial charge in [0.25, 0.3) is 15.9 Å². The van der Waals surface area contributed by atoms with Gasteiger partial charge in [-0.05, 0) is 55.0 Å². The van der Waals surface area contributed by atoms with E-state index in [9.17, 15) is 18.0 Å². The standard InChI is InChI=1S/C27H26N5O4S/c1-2-3-9-21(33)18-28-27(34)19-14-16-20(17-15-19)29-25-26(31-24-13-8-7-12-23(24)30-25)32-37(35,36)22-10-5-4-6-11-22/h4-8,10-17H,1-3,9,18H2,(H,28,34)(H,29,30)(H,31,32). The molecule has 3 aromatic carbocycles. The summed E-state index contributed by atoms with van der Waals surface area (Å²) in [5, 5.41) is 5.70. The average Bonchev–Trinajstić information content (AvgIpc) is 2.91. The summed E-state index contributed by atoms with van der Waals surface area (Å²) < 4.78 is 28.4. The third-order valence-corrected chi connectivity index (χ3v) is 6.77. The minimum atomic E-state index is -3.91. The Morgan fingerprint density at radius 1 is 0.811 bits per heavy atom. The van der Waals surface area contributed by atoms with Gasteiger partial charge >= 0.3 is 0 Å². The molecule has 4 rings (SSSR count). The molecule has 1 radical (unpaired) electrons. The number of para-hydroxylation sites is 2. The van der Waals surface area contributed by atoms with Gasteiger partial charge in [-0.3, -0.25) is 14.3 Å². The van der Waals surface area contributed by atoms with Crippen LogP contribution >= 0.6 is 0 Å². The van der Waals surface area contributed by atoms with E-state index in [-0.39, 0.29) is 34.8 Å². The van der Waals surface area contributed by atoms with Gasteiger partial charge in [0.15, 0.2) is 17.4 Å². The maximum absolute atomic E-state index is 13.0. The summed E-state index contributed by atoms with van der Waals surface area (Å²) in [5.41, 5.74) is 2.04. The molecule has 37 heavy (non-hydrogen) atoms. The number of ketones is 1. The Balaban J connectivity index is 1.54. The van der Waals surface area contributed by atoms with Crippen LogP contribution in [0, 0.1) is 6.92 Å². The largest absolute Gasteiger partial charge is 0.345 e. The maximum Gasteiger partial charge on any atom is 0.263 e. The van der Waals surface area contributed by atoms with E-state index >= 15 is 0 Å². The predicted molar refractivity (Wildman–Crippen MR) is 143 cm³/mol. The van der Waals surface area contributed by atoms with Crippen molar-refractivity contribution in [1.82, 2.24) is 15.3 Å². The van der Waals surface area contributed by atoms with Gasteiger partial charge < -0.3 is 10.6 Å². The number of aromatic nitrogens is 2. The van der Waals surface area contributed by atoms with Crippen LogP contribution in [0.4, 0.5) is 17.3 Å². The highest BCUT2D eigenvalue weighted by Crippen LogP contribution is 2.27. The first kappa shape index (κ1) is 25.8. The molecule has 1 heterocycles. The highest BCUT2D eigenvalue weighted by Gasteiger charge is 2.19. The number of nitrogens with zero attached hydrogens (tertiary/aromatic N) is 2. The van der Waals surface area contributed by atoms with Gasteiger partial charge in [-0.2, -0.15) is 0 Å². The van der Waals surface area contributed by atoms with Crippen LogP contribution in [0.1, 0.15) is 29.6 Å². The molecular formula is C27H26N5O4S. The molecule has 1 aromatic heterocycles. The molecule has 0 fully saturated rings. The minimum Gasteiger partial charge on any atom is -0.345 e. The zero-order valence-corrected chi connectivity index (χ0v) is 20.8. The fourth-order valence-corrected chi connectivity index (χ4v) is 4.51. The number of carbonyl (C=O) groups excluding carboxylic acids is 2. The second-order valence-corrected chi connectivity index (χ2v) is 9.89. The fourth-order valence-electron chi connectivity index (χ4n) is 3.48. The van der Waals surface area contributed by atoms with Crippen LogP contribution in [0.25, 0.3) is 11.0 Å². The fraction of sp³-hybridized carbons (Fsp3) is 0.148. The molecule has 0 saturated carbocycles. The molecule has 189 valence electrons. The first-order valence-corrected chi connectivity index (χ1v) is 13.1. The Morgan fingerprint density at radius 3 is 2.08 bits per heavy atom. The smallest absolute Gasteiger partial charge is 0.263 e. The second kappa shape index (κ2) is 11.6. The number of anilines is 3. The zero-order valence-electron chi connectivity index (χ0n) is 20.0. The van der Waals surface area contributed by atoms with E-state index in [4.69, 9.17) is 0 Å². The molecule has 1 amide bonds. The summed E-state index contributed by atoms with van der Waals surface area (Å²) in [7, 11) is -3.91. The Labute approximate surface area is 215 Å². The van der Waals surface area contributed by atoms with Crippen molar-refractivity contribution < 1.29 is 18.0 Å². The molecule has 0 spiro atoms. The van der Waals surface area contributed by atoms with Gasteiger partial charge in [0.1, 0.15) is 0 Å². The summed E-state index contributed by atoms with van der Waals surface area (Å²) in [6.07, 6.45) is 1.75. The molecule has 0 saturated heterocycles. The molecule has 10 heteroatoms. The zero-order chi connectivity index (χ0) is 26.3. The number of hydrogen-bond donors (Lipinski definition) is 3. The highest BCUT2D eigenvalue weighted by molar-refractivity contribution is 7.92. The van der Waals surface area contributed by atoms with Gasteiger partial charge in [-0.25, -0.2) is 18.4 Å². The van der Waals surface area contributed by atoms with Crippen molar-refractivity contribution in [1.29, 1.82) is 0 Å².